The zero-order chi connectivity index (χ0) is 26.4. The van der Waals surface area contributed by atoms with E-state index in [0.717, 1.165) is 35.8 Å². The van der Waals surface area contributed by atoms with Crippen LogP contribution >= 0.6 is 23.4 Å². The van der Waals surface area contributed by atoms with Gasteiger partial charge in [-0.05, 0) is 81.8 Å². The lowest BCUT2D eigenvalue weighted by Gasteiger charge is -2.29. The molecule has 0 aromatic heterocycles. The van der Waals surface area contributed by atoms with Crippen molar-refractivity contribution in [2.24, 2.45) is 10.9 Å². The summed E-state index contributed by atoms with van der Waals surface area (Å²) in [4.78, 5) is 8.06. The van der Waals surface area contributed by atoms with E-state index >= 15 is 0 Å². The molecule has 3 nitrogen and oxygen atoms in total. The fraction of sp³-hybridized carbons (Fsp3) is 0.393. The molecule has 2 aliphatic heterocycles. The number of nitrogens with one attached hydrogen (secondary N) is 1. The van der Waals surface area contributed by atoms with Gasteiger partial charge in [0.25, 0.3) is 0 Å². The van der Waals surface area contributed by atoms with Gasteiger partial charge in [-0.25, -0.2) is 8.78 Å². The monoisotopic (exact) mass is 521 g/mol. The number of hydrogen-bond acceptors (Lipinski definition) is 4. The number of amidine groups is 1. The Morgan fingerprint density at radius 1 is 1.40 bits per heavy atom. The normalized spacial score (nSPS) is 17.5. The van der Waals surface area contributed by atoms with Gasteiger partial charge in [-0.2, -0.15) is 0 Å². The van der Waals surface area contributed by atoms with Crippen LogP contribution in [-0.2, 0) is 0 Å². The maximum absolute atomic E-state index is 13.0. The second-order valence-corrected chi connectivity index (χ2v) is 9.56. The fourth-order valence-corrected chi connectivity index (χ4v) is 4.18. The molecule has 2 aliphatic rings. The molecule has 7 heteroatoms. The molecular formula is C28H38ClF2N3S. The van der Waals surface area contributed by atoms with E-state index in [1.165, 1.54) is 23.4 Å². The van der Waals surface area contributed by atoms with Crippen molar-refractivity contribution < 1.29 is 8.78 Å². The average molecular weight is 522 g/mol. The summed E-state index contributed by atoms with van der Waals surface area (Å²) in [6.45, 7) is 17.7. The van der Waals surface area contributed by atoms with Gasteiger partial charge in [-0.1, -0.05) is 49.1 Å². The minimum absolute atomic E-state index is 0.294. The van der Waals surface area contributed by atoms with E-state index in [-0.39, 0.29) is 5.82 Å². The predicted octanol–water partition coefficient (Wildman–Crippen LogP) is 7.60. The van der Waals surface area contributed by atoms with Crippen molar-refractivity contribution in [3.63, 3.8) is 0 Å². The molecule has 1 aromatic rings. The van der Waals surface area contributed by atoms with E-state index in [4.69, 9.17) is 16.6 Å². The number of aliphatic imine (C=N–C) groups is 1. The van der Waals surface area contributed by atoms with Gasteiger partial charge in [0.1, 0.15) is 17.8 Å². The highest BCUT2D eigenvalue weighted by atomic mass is 35.5. The first kappa shape index (κ1) is 30.9. The van der Waals surface area contributed by atoms with Crippen LogP contribution in [0.4, 0.5) is 8.78 Å². The SMILES string of the molecule is C=C(/C=C\CC(C)F)C1=C2CC(CNC)CN2C(C(=C)SC)=NC1.C=CC.Fc1cccc(Cl)c1. The third-order valence-electron chi connectivity index (χ3n) is 5.18. The van der Waals surface area contributed by atoms with Crippen LogP contribution in [-0.4, -0.2) is 49.8 Å². The van der Waals surface area contributed by atoms with Gasteiger partial charge in [0.2, 0.25) is 0 Å². The first-order chi connectivity index (χ1) is 16.7. The number of hydrogen-bond donors (Lipinski definition) is 1. The van der Waals surface area contributed by atoms with E-state index in [0.29, 0.717) is 23.9 Å². The highest BCUT2D eigenvalue weighted by Gasteiger charge is 2.34. The zero-order valence-electron chi connectivity index (χ0n) is 21.3. The van der Waals surface area contributed by atoms with E-state index in [2.05, 4.69) is 30.0 Å². The summed E-state index contributed by atoms with van der Waals surface area (Å²) in [6, 6.07) is 5.82. The Labute approximate surface area is 219 Å². The number of thioether (sulfide) groups is 1. The van der Waals surface area contributed by atoms with Gasteiger partial charge < -0.3 is 10.2 Å². The maximum atomic E-state index is 13.0. The summed E-state index contributed by atoms with van der Waals surface area (Å²) < 4.78 is 25.1. The molecule has 0 amide bonds. The Morgan fingerprint density at radius 3 is 2.60 bits per heavy atom. The summed E-state index contributed by atoms with van der Waals surface area (Å²) >= 11 is 7.04. The van der Waals surface area contributed by atoms with Gasteiger partial charge in [-0.3, -0.25) is 4.99 Å². The molecule has 35 heavy (non-hydrogen) atoms. The molecule has 3 rings (SSSR count). The second-order valence-electron chi connectivity index (χ2n) is 8.22. The minimum atomic E-state index is -0.824. The molecule has 1 fully saturated rings. The number of rotatable bonds is 8. The Balaban J connectivity index is 0.000000461. The molecule has 192 valence electrons. The number of alkyl halides is 1. The highest BCUT2D eigenvalue weighted by molar-refractivity contribution is 8.03. The lowest BCUT2D eigenvalue weighted by molar-refractivity contribution is 0.365. The molecule has 2 heterocycles. The van der Waals surface area contributed by atoms with Crippen LogP contribution in [0.25, 0.3) is 0 Å². The molecule has 0 aliphatic carbocycles. The number of allylic oxidation sites excluding steroid dienone is 4. The van der Waals surface area contributed by atoms with Crippen LogP contribution < -0.4 is 5.32 Å². The third kappa shape index (κ3) is 10.6. The number of benzene rings is 1. The smallest absolute Gasteiger partial charge is 0.141 e. The van der Waals surface area contributed by atoms with E-state index < -0.39 is 6.17 Å². The van der Waals surface area contributed by atoms with Crippen LogP contribution in [0, 0.1) is 11.7 Å². The summed E-state index contributed by atoms with van der Waals surface area (Å²) in [7, 11) is 1.99. The van der Waals surface area contributed by atoms with Gasteiger partial charge in [0, 0.05) is 22.2 Å². The Bertz CT molecular complexity index is 936. The minimum Gasteiger partial charge on any atom is -0.329 e. The number of halogens is 3. The van der Waals surface area contributed by atoms with Gasteiger partial charge in [0.15, 0.2) is 0 Å². The lowest BCUT2D eigenvalue weighted by Crippen LogP contribution is -2.33. The Hall–Kier alpha value is -2.15. The maximum Gasteiger partial charge on any atom is 0.141 e. The molecule has 1 saturated heterocycles. The van der Waals surface area contributed by atoms with Crippen LogP contribution in [0.3, 0.4) is 0 Å². The standard InChI is InChI=1S/C19H28FN3S.C6H4ClF.C3H6/c1-13(7-6-8-14(2)20)17-11-22-19(15(3)24-5)23-12-16(10-21-4)9-18(17)23;7-5-2-1-3-6(8)4-5;1-3-2/h6-7,14,16,21H,1,3,8-12H2,2,4-5H3;1-4H;3H,1H2,2H3/b7-6-;;. The highest BCUT2D eigenvalue weighted by Crippen LogP contribution is 2.36. The number of nitrogens with zero attached hydrogens (tertiary/aromatic N) is 2. The summed E-state index contributed by atoms with van der Waals surface area (Å²) in [5.74, 6) is 1.26. The Kier molecular flexibility index (Phi) is 14.6. The second kappa shape index (κ2) is 16.5. The van der Waals surface area contributed by atoms with Crippen LogP contribution in [0.2, 0.25) is 5.02 Å². The first-order valence-electron chi connectivity index (χ1n) is 11.6. The zero-order valence-corrected chi connectivity index (χ0v) is 22.9. The molecule has 1 N–H and O–H groups in total. The van der Waals surface area contributed by atoms with Crippen molar-refractivity contribution in [2.75, 3.05) is 32.9 Å². The molecule has 0 radical (unpaired) electrons. The Morgan fingerprint density at radius 2 is 2.09 bits per heavy atom. The molecular weight excluding hydrogens is 484 g/mol. The van der Waals surface area contributed by atoms with Crippen LogP contribution in [0.1, 0.15) is 26.7 Å². The van der Waals surface area contributed by atoms with Crippen LogP contribution in [0.15, 0.2) is 89.0 Å². The summed E-state index contributed by atoms with van der Waals surface area (Å²) in [5, 5.41) is 3.71. The van der Waals surface area contributed by atoms with E-state index in [9.17, 15) is 8.78 Å². The largest absolute Gasteiger partial charge is 0.329 e. The lowest BCUT2D eigenvalue weighted by atomic mass is 9.99. The van der Waals surface area contributed by atoms with Crippen molar-refractivity contribution >= 4 is 29.2 Å². The quantitative estimate of drug-likeness (QED) is 0.282. The van der Waals surface area contributed by atoms with Gasteiger partial charge >= 0.3 is 0 Å². The molecule has 0 spiro atoms. The van der Waals surface area contributed by atoms with Gasteiger partial charge in [-0.15, -0.1) is 18.3 Å². The summed E-state index contributed by atoms with van der Waals surface area (Å²) in [5.41, 5.74) is 3.42. The summed E-state index contributed by atoms with van der Waals surface area (Å²) in [6.07, 6.45) is 8.20. The first-order valence-corrected chi connectivity index (χ1v) is 13.2. The molecule has 1 aromatic carbocycles. The van der Waals surface area contributed by atoms with Crippen LogP contribution in [0.5, 0.6) is 0 Å². The molecule has 2 atom stereocenters. The molecule has 2 unspecified atom stereocenters. The average Bonchev–Trinajstić information content (AvgIpc) is 3.22. The number of fused-ring (bicyclic) bond motifs is 1. The third-order valence-corrected chi connectivity index (χ3v) is 6.09. The van der Waals surface area contributed by atoms with Crippen molar-refractivity contribution in [2.45, 2.75) is 32.9 Å². The van der Waals surface area contributed by atoms with E-state index in [1.54, 1.807) is 36.9 Å². The molecule has 0 saturated carbocycles. The van der Waals surface area contributed by atoms with Gasteiger partial charge in [0.05, 0.1) is 6.54 Å². The topological polar surface area (TPSA) is 27.6 Å². The van der Waals surface area contributed by atoms with Crippen molar-refractivity contribution in [1.29, 1.82) is 0 Å². The fourth-order valence-electron chi connectivity index (χ4n) is 3.65. The van der Waals surface area contributed by atoms with Crippen molar-refractivity contribution in [1.82, 2.24) is 10.2 Å². The predicted molar refractivity (Wildman–Crippen MR) is 151 cm³/mol. The van der Waals surface area contributed by atoms with Crippen molar-refractivity contribution in [3.05, 3.63) is 94.8 Å². The molecule has 0 bridgehead atoms. The van der Waals surface area contributed by atoms with E-state index in [1.807, 2.05) is 32.4 Å². The van der Waals surface area contributed by atoms with Crippen molar-refractivity contribution in [3.8, 4) is 0 Å².